The number of hydrogen-bond acceptors (Lipinski definition) is 6. The van der Waals surface area contributed by atoms with Crippen molar-refractivity contribution in [2.45, 2.75) is 77.4 Å². The first kappa shape index (κ1) is 30.2. The van der Waals surface area contributed by atoms with Gasteiger partial charge < -0.3 is 24.8 Å². The summed E-state index contributed by atoms with van der Waals surface area (Å²) in [5, 5.41) is 28.3. The van der Waals surface area contributed by atoms with E-state index < -0.39 is 18.9 Å². The van der Waals surface area contributed by atoms with Crippen LogP contribution in [0.25, 0.3) is 0 Å². The highest BCUT2D eigenvalue weighted by Crippen LogP contribution is 2.36. The summed E-state index contributed by atoms with van der Waals surface area (Å²) < 4.78 is 10.9. The van der Waals surface area contributed by atoms with Crippen molar-refractivity contribution in [3.63, 3.8) is 0 Å². The topological polar surface area (TPSA) is 96.2 Å². The van der Waals surface area contributed by atoms with E-state index in [0.717, 1.165) is 38.5 Å². The number of rotatable bonds is 17. The third-order valence-electron chi connectivity index (χ3n) is 7.42. The Morgan fingerprint density at radius 3 is 2.19 bits per heavy atom. The minimum atomic E-state index is -1.25. The number of ether oxygens (including phenoxy) is 2. The Kier molecular flexibility index (Phi) is 14.0. The van der Waals surface area contributed by atoms with Crippen LogP contribution in [-0.2, 0) is 27.1 Å². The van der Waals surface area contributed by atoms with Crippen molar-refractivity contribution in [2.24, 2.45) is 17.8 Å². The zero-order valence-electron chi connectivity index (χ0n) is 22.0. The molecule has 2 unspecified atom stereocenters. The zero-order valence-corrected chi connectivity index (χ0v) is 22.0. The molecule has 202 valence electrons. The Labute approximate surface area is 217 Å². The van der Waals surface area contributed by atoms with E-state index in [1.54, 1.807) is 0 Å². The lowest BCUT2D eigenvalue weighted by atomic mass is 9.74. The predicted octanol–water partition coefficient (Wildman–Crippen LogP) is 4.75. The Hall–Kier alpha value is -1.99. The van der Waals surface area contributed by atoms with E-state index in [1.807, 2.05) is 0 Å². The van der Waals surface area contributed by atoms with Crippen LogP contribution in [0.2, 0.25) is 0 Å². The third-order valence-corrected chi connectivity index (χ3v) is 7.42. The van der Waals surface area contributed by atoms with Gasteiger partial charge in [-0.25, -0.2) is 4.79 Å². The highest BCUT2D eigenvalue weighted by atomic mass is 16.6. The SMILES string of the molecule is C=C(CO)C(=O)OCC(COC(O)C(=C)CO)C1CCC(CCc2ccc(CCCCC)cc2)CC1. The van der Waals surface area contributed by atoms with Gasteiger partial charge in [0.2, 0.25) is 0 Å². The van der Waals surface area contributed by atoms with E-state index >= 15 is 0 Å². The fraction of sp³-hybridized carbons (Fsp3) is 0.633. The second-order valence-corrected chi connectivity index (χ2v) is 10.2. The molecule has 1 saturated carbocycles. The van der Waals surface area contributed by atoms with Crippen molar-refractivity contribution in [2.75, 3.05) is 26.4 Å². The number of carbonyl (C=O) groups is 1. The van der Waals surface area contributed by atoms with Crippen molar-refractivity contribution in [1.82, 2.24) is 0 Å². The number of hydrogen-bond donors (Lipinski definition) is 3. The van der Waals surface area contributed by atoms with E-state index in [-0.39, 0.29) is 36.9 Å². The lowest BCUT2D eigenvalue weighted by Gasteiger charge is -2.34. The fourth-order valence-electron chi connectivity index (χ4n) is 4.85. The molecule has 1 fully saturated rings. The van der Waals surface area contributed by atoms with Crippen molar-refractivity contribution in [3.8, 4) is 0 Å². The molecule has 0 bridgehead atoms. The molecule has 0 radical (unpaired) electrons. The fourth-order valence-corrected chi connectivity index (χ4v) is 4.85. The minimum Gasteiger partial charge on any atom is -0.462 e. The quantitative estimate of drug-likeness (QED) is 0.0935. The smallest absolute Gasteiger partial charge is 0.335 e. The molecule has 2 atom stereocenters. The maximum absolute atomic E-state index is 12.0. The molecule has 0 saturated heterocycles. The minimum absolute atomic E-state index is 0.0149. The number of aliphatic hydroxyl groups excluding tert-OH is 3. The monoisotopic (exact) mass is 502 g/mol. The molecule has 6 nitrogen and oxygen atoms in total. The number of unbranched alkanes of at least 4 members (excludes halogenated alkanes) is 2. The largest absolute Gasteiger partial charge is 0.462 e. The predicted molar refractivity (Wildman–Crippen MR) is 142 cm³/mol. The Morgan fingerprint density at radius 1 is 0.972 bits per heavy atom. The Balaban J connectivity index is 1.83. The molecule has 6 heteroatoms. The Bertz CT molecular complexity index is 794. The maximum atomic E-state index is 12.0. The molecule has 3 N–H and O–H groups in total. The first-order chi connectivity index (χ1) is 17.4. The summed E-state index contributed by atoms with van der Waals surface area (Å²) in [5.41, 5.74) is 3.03. The summed E-state index contributed by atoms with van der Waals surface area (Å²) in [6.07, 6.45) is 10.2. The second-order valence-electron chi connectivity index (χ2n) is 10.2. The van der Waals surface area contributed by atoms with Crippen LogP contribution >= 0.6 is 0 Å². The van der Waals surface area contributed by atoms with Gasteiger partial charge in [-0.15, -0.1) is 0 Å². The molecule has 0 spiro atoms. The standard InChI is InChI=1S/C30H46O6/c1-4-5-6-7-24-8-10-25(11-9-24)12-13-26-14-16-27(17-15-26)28(20-35-29(33)22(2)18-31)21-36-30(34)23(3)19-32/h8-11,26-29,31-33H,2-7,12-21H2,1H3. The molecule has 1 aliphatic carbocycles. The van der Waals surface area contributed by atoms with Crippen LogP contribution in [0.1, 0.15) is 69.4 Å². The van der Waals surface area contributed by atoms with Gasteiger partial charge in [-0.1, -0.05) is 70.0 Å². The number of carbonyl (C=O) groups excluding carboxylic acids is 1. The molecule has 0 aromatic heterocycles. The van der Waals surface area contributed by atoms with Crippen LogP contribution < -0.4 is 0 Å². The average molecular weight is 503 g/mol. The van der Waals surface area contributed by atoms with Gasteiger partial charge >= 0.3 is 5.97 Å². The van der Waals surface area contributed by atoms with Gasteiger partial charge in [-0.2, -0.15) is 0 Å². The normalized spacial score (nSPS) is 19.4. The first-order valence-corrected chi connectivity index (χ1v) is 13.5. The number of aliphatic hydroxyl groups is 3. The molecule has 0 aliphatic heterocycles. The average Bonchev–Trinajstić information content (AvgIpc) is 2.91. The second kappa shape index (κ2) is 16.7. The molecule has 2 rings (SSSR count). The third kappa shape index (κ3) is 10.6. The van der Waals surface area contributed by atoms with Crippen LogP contribution in [-0.4, -0.2) is 54.0 Å². The number of benzene rings is 1. The molecule has 1 aromatic rings. The van der Waals surface area contributed by atoms with E-state index in [2.05, 4.69) is 44.3 Å². The van der Waals surface area contributed by atoms with Crippen LogP contribution in [0.15, 0.2) is 48.6 Å². The lowest BCUT2D eigenvalue weighted by Crippen LogP contribution is -2.32. The maximum Gasteiger partial charge on any atom is 0.335 e. The summed E-state index contributed by atoms with van der Waals surface area (Å²) in [4.78, 5) is 12.0. The van der Waals surface area contributed by atoms with Crippen molar-refractivity contribution in [3.05, 3.63) is 59.7 Å². The Morgan fingerprint density at radius 2 is 1.61 bits per heavy atom. The zero-order chi connectivity index (χ0) is 26.3. The molecule has 36 heavy (non-hydrogen) atoms. The van der Waals surface area contributed by atoms with Gasteiger partial charge in [-0.05, 0) is 61.5 Å². The van der Waals surface area contributed by atoms with Crippen molar-refractivity contribution >= 4 is 5.97 Å². The van der Waals surface area contributed by atoms with Gasteiger partial charge in [0.1, 0.15) is 0 Å². The van der Waals surface area contributed by atoms with Crippen LogP contribution in [0, 0.1) is 17.8 Å². The van der Waals surface area contributed by atoms with Gasteiger partial charge in [-0.3, -0.25) is 0 Å². The van der Waals surface area contributed by atoms with Crippen molar-refractivity contribution < 1.29 is 29.6 Å². The highest BCUT2D eigenvalue weighted by molar-refractivity contribution is 5.87. The number of esters is 1. The summed E-state index contributed by atoms with van der Waals surface area (Å²) in [6.45, 7) is 8.87. The van der Waals surface area contributed by atoms with E-state index in [1.165, 1.54) is 36.8 Å². The highest BCUT2D eigenvalue weighted by Gasteiger charge is 2.29. The number of aryl methyl sites for hydroxylation is 2. The van der Waals surface area contributed by atoms with Gasteiger partial charge in [0.05, 0.1) is 32.0 Å². The summed E-state index contributed by atoms with van der Waals surface area (Å²) in [6, 6.07) is 9.11. The van der Waals surface area contributed by atoms with Crippen LogP contribution in [0.3, 0.4) is 0 Å². The van der Waals surface area contributed by atoms with Crippen LogP contribution in [0.5, 0.6) is 0 Å². The summed E-state index contributed by atoms with van der Waals surface area (Å²) >= 11 is 0. The molecule has 0 heterocycles. The van der Waals surface area contributed by atoms with Gasteiger partial charge in [0.25, 0.3) is 0 Å². The molecule has 1 aromatic carbocycles. The summed E-state index contributed by atoms with van der Waals surface area (Å²) in [5.74, 6) is 0.257. The lowest BCUT2D eigenvalue weighted by molar-refractivity contribution is -0.145. The van der Waals surface area contributed by atoms with E-state index in [9.17, 15) is 9.90 Å². The molecule has 1 aliphatic rings. The van der Waals surface area contributed by atoms with E-state index in [0.29, 0.717) is 11.8 Å². The van der Waals surface area contributed by atoms with Gasteiger partial charge in [0, 0.05) is 11.5 Å². The molecular weight excluding hydrogens is 456 g/mol. The van der Waals surface area contributed by atoms with Gasteiger partial charge in [0.15, 0.2) is 6.29 Å². The molecular formula is C30H46O6. The van der Waals surface area contributed by atoms with E-state index in [4.69, 9.17) is 19.7 Å². The van der Waals surface area contributed by atoms with Crippen molar-refractivity contribution in [1.29, 1.82) is 0 Å². The van der Waals surface area contributed by atoms with Crippen LogP contribution in [0.4, 0.5) is 0 Å². The summed E-state index contributed by atoms with van der Waals surface area (Å²) in [7, 11) is 0. The molecule has 0 amide bonds. The first-order valence-electron chi connectivity index (χ1n) is 13.5.